The van der Waals surface area contributed by atoms with Crippen LogP contribution in [0.25, 0.3) is 70.5 Å². The molecule has 0 spiro atoms. The van der Waals surface area contributed by atoms with Crippen LogP contribution in [-0.2, 0) is 0 Å². The van der Waals surface area contributed by atoms with E-state index in [1.165, 1.54) is 4.90 Å². The maximum atomic E-state index is 13.9. The number of benzene rings is 7. The fraction of sp³-hybridized carbons (Fsp3) is 0.100. The van der Waals surface area contributed by atoms with Gasteiger partial charge in [0.05, 0.1) is 16.7 Å². The minimum absolute atomic E-state index is 0.0943. The van der Waals surface area contributed by atoms with Crippen molar-refractivity contribution in [3.05, 3.63) is 125 Å². The maximum Gasteiger partial charge on any atom is 0.265 e. The average molecular weight is 600 g/mol. The van der Waals surface area contributed by atoms with E-state index in [2.05, 4.69) is 6.07 Å². The van der Waals surface area contributed by atoms with Gasteiger partial charge in [-0.25, -0.2) is 9.88 Å². The fourth-order valence-corrected chi connectivity index (χ4v) is 7.29. The average Bonchev–Trinajstić information content (AvgIpc) is 3.51. The van der Waals surface area contributed by atoms with Crippen molar-refractivity contribution < 1.29 is 9.59 Å². The van der Waals surface area contributed by atoms with Crippen LogP contribution < -0.4 is 10.5 Å². The number of carbonyl (C=O) groups excluding carboxylic acids is 2. The first-order valence-corrected chi connectivity index (χ1v) is 15.8. The third-order valence-corrected chi connectivity index (χ3v) is 9.02. The summed E-state index contributed by atoms with van der Waals surface area (Å²) >= 11 is 0. The first-order chi connectivity index (χ1) is 22.6. The van der Waals surface area contributed by atoms with Gasteiger partial charge in [-0.3, -0.25) is 18.8 Å². The highest BCUT2D eigenvalue weighted by Crippen LogP contribution is 2.46. The first kappa shape index (κ1) is 27.7. The van der Waals surface area contributed by atoms with Gasteiger partial charge < -0.3 is 0 Å². The van der Waals surface area contributed by atoms with Crippen LogP contribution in [0.15, 0.2) is 108 Å². The number of imidazole rings is 1. The van der Waals surface area contributed by atoms with E-state index in [0.717, 1.165) is 54.1 Å². The molecule has 222 valence electrons. The highest BCUT2D eigenvalue weighted by molar-refractivity contribution is 6.43. The maximum absolute atomic E-state index is 13.9. The predicted octanol–water partition coefficient (Wildman–Crippen LogP) is 9.34. The lowest BCUT2D eigenvalue weighted by atomic mass is 9.84. The van der Waals surface area contributed by atoms with Gasteiger partial charge in [0, 0.05) is 32.7 Å². The van der Waals surface area contributed by atoms with Crippen molar-refractivity contribution in [3.63, 3.8) is 0 Å². The lowest BCUT2D eigenvalue weighted by Gasteiger charge is -2.28. The van der Waals surface area contributed by atoms with E-state index >= 15 is 0 Å². The lowest BCUT2D eigenvalue weighted by Crippen LogP contribution is -2.40. The molecule has 0 fully saturated rings. The Labute approximate surface area is 263 Å². The Morgan fingerprint density at radius 1 is 0.478 bits per heavy atom. The van der Waals surface area contributed by atoms with Crippen LogP contribution >= 0.6 is 0 Å². The molecule has 9 aromatic rings. The van der Waals surface area contributed by atoms with Crippen molar-refractivity contribution in [2.45, 2.75) is 27.7 Å². The molecule has 0 N–H and O–H groups in total. The second-order valence-electron chi connectivity index (χ2n) is 11.0. The monoisotopic (exact) mass is 599 g/mol. The van der Waals surface area contributed by atoms with E-state index in [-0.39, 0.29) is 17.4 Å². The molecule has 10 rings (SSSR count). The number of aromatic nitrogens is 2. The Hall–Kier alpha value is -5.88. The Bertz CT molecular complexity index is 2680. The molecule has 2 amide bonds. The summed E-state index contributed by atoms with van der Waals surface area (Å²) in [6.45, 7) is 8.00. The zero-order chi connectivity index (χ0) is 31.9. The highest BCUT2D eigenvalue weighted by atomic mass is 16.2. The van der Waals surface area contributed by atoms with Crippen LogP contribution in [0, 0.1) is 0 Å². The predicted molar refractivity (Wildman–Crippen MR) is 189 cm³/mol. The van der Waals surface area contributed by atoms with Crippen molar-refractivity contribution in [2.24, 2.45) is 0 Å². The van der Waals surface area contributed by atoms with Crippen LogP contribution in [0.1, 0.15) is 48.4 Å². The standard InChI is InChI=1S/C36H17N3O3.2C2H6/c40-34-25-16-12-21-19-10-14-23-31-24(36(42)39-28-9-5-4-8-27(28)37-33(23)39)15-11-20(29(19)31)22-13-17-26(32(25)30(21)22)35(41)38(34)18-6-2-1-3-7-18;2*1-2/h1-17H;2*1-2H3. The molecule has 0 saturated carbocycles. The SMILES string of the molecule is CC.CC.O=C1c2ccc3c4ccc5c(=O)n6c7ccccc7nc6c6ccc(c7ccc(c2c37)C(=O)N1c1ccccc1)c4c56. The van der Waals surface area contributed by atoms with E-state index in [0.29, 0.717) is 33.2 Å². The van der Waals surface area contributed by atoms with Gasteiger partial charge in [0.15, 0.2) is 0 Å². The van der Waals surface area contributed by atoms with Gasteiger partial charge in [0.2, 0.25) is 0 Å². The summed E-state index contributed by atoms with van der Waals surface area (Å²) < 4.78 is 1.71. The van der Waals surface area contributed by atoms with Crippen LogP contribution in [0.3, 0.4) is 0 Å². The van der Waals surface area contributed by atoms with E-state index in [4.69, 9.17) is 4.98 Å². The van der Waals surface area contributed by atoms with E-state index < -0.39 is 0 Å². The topological polar surface area (TPSA) is 71.7 Å². The molecule has 0 atom stereocenters. The zero-order valence-electron chi connectivity index (χ0n) is 25.9. The minimum Gasteiger partial charge on any atom is -0.268 e. The fourth-order valence-electron chi connectivity index (χ4n) is 7.29. The summed E-state index contributed by atoms with van der Waals surface area (Å²) in [6.07, 6.45) is 0. The Morgan fingerprint density at radius 3 is 1.59 bits per heavy atom. The zero-order valence-corrected chi connectivity index (χ0v) is 25.9. The number of para-hydroxylation sites is 3. The molecule has 0 saturated heterocycles. The second-order valence-corrected chi connectivity index (χ2v) is 11.0. The molecule has 3 heterocycles. The molecular weight excluding hydrogens is 570 g/mol. The minimum atomic E-state index is -0.331. The number of hydrogen-bond donors (Lipinski definition) is 0. The molecule has 1 aliphatic heterocycles. The van der Waals surface area contributed by atoms with Crippen LogP contribution in [0.5, 0.6) is 0 Å². The third kappa shape index (κ3) is 3.36. The Balaban J connectivity index is 0.000000754. The molecule has 7 aromatic carbocycles. The van der Waals surface area contributed by atoms with Gasteiger partial charge in [0.25, 0.3) is 17.4 Å². The summed E-state index contributed by atoms with van der Waals surface area (Å²) in [5.41, 5.74) is 3.68. The largest absolute Gasteiger partial charge is 0.268 e. The number of amides is 2. The molecule has 6 nitrogen and oxygen atoms in total. The van der Waals surface area contributed by atoms with E-state index in [1.54, 1.807) is 16.5 Å². The second kappa shape index (κ2) is 10.1. The van der Waals surface area contributed by atoms with Crippen molar-refractivity contribution >= 4 is 88.0 Å². The molecule has 46 heavy (non-hydrogen) atoms. The summed E-state index contributed by atoms with van der Waals surface area (Å²) in [6, 6.07) is 32.4. The van der Waals surface area contributed by atoms with Gasteiger partial charge in [-0.15, -0.1) is 0 Å². The van der Waals surface area contributed by atoms with Gasteiger partial charge >= 0.3 is 0 Å². The summed E-state index contributed by atoms with van der Waals surface area (Å²) in [5.74, 6) is -0.661. The van der Waals surface area contributed by atoms with Crippen LogP contribution in [0.2, 0.25) is 0 Å². The van der Waals surface area contributed by atoms with Crippen molar-refractivity contribution in [1.82, 2.24) is 9.38 Å². The van der Waals surface area contributed by atoms with Gasteiger partial charge in [-0.1, -0.05) is 82.3 Å². The van der Waals surface area contributed by atoms with Gasteiger partial charge in [-0.05, 0) is 80.8 Å². The van der Waals surface area contributed by atoms with Crippen molar-refractivity contribution in [2.75, 3.05) is 4.90 Å². The molecule has 1 aliphatic rings. The number of pyridine rings is 1. The third-order valence-electron chi connectivity index (χ3n) is 9.02. The number of imide groups is 1. The summed E-state index contributed by atoms with van der Waals surface area (Å²) in [5, 5.41) is 8.86. The molecule has 2 aromatic heterocycles. The normalized spacial score (nSPS) is 12.9. The van der Waals surface area contributed by atoms with Crippen molar-refractivity contribution in [3.8, 4) is 0 Å². The number of anilines is 1. The lowest BCUT2D eigenvalue weighted by molar-refractivity contribution is 0.0893. The van der Waals surface area contributed by atoms with Gasteiger partial charge in [-0.2, -0.15) is 0 Å². The first-order valence-electron chi connectivity index (χ1n) is 15.8. The molecule has 0 aliphatic carbocycles. The molecule has 0 radical (unpaired) electrons. The molecular formula is C40H29N3O3. The molecule has 6 heteroatoms. The molecule has 0 bridgehead atoms. The van der Waals surface area contributed by atoms with Crippen LogP contribution in [0.4, 0.5) is 5.69 Å². The number of hydrogen-bond acceptors (Lipinski definition) is 4. The van der Waals surface area contributed by atoms with E-state index in [9.17, 15) is 14.4 Å². The van der Waals surface area contributed by atoms with E-state index in [1.807, 2.05) is 113 Å². The number of nitrogens with zero attached hydrogens (tertiary/aromatic N) is 3. The highest BCUT2D eigenvalue weighted by Gasteiger charge is 2.35. The summed E-state index contributed by atoms with van der Waals surface area (Å²) in [4.78, 5) is 47.7. The van der Waals surface area contributed by atoms with Gasteiger partial charge in [0.1, 0.15) is 5.65 Å². The Morgan fingerprint density at radius 2 is 0.957 bits per heavy atom. The molecule has 0 unspecified atom stereocenters. The number of rotatable bonds is 1. The number of fused-ring (bicyclic) bond motifs is 6. The van der Waals surface area contributed by atoms with Crippen molar-refractivity contribution in [1.29, 1.82) is 0 Å². The Kier molecular flexibility index (Phi) is 6.06. The number of carbonyl (C=O) groups is 2. The van der Waals surface area contributed by atoms with Crippen LogP contribution in [-0.4, -0.2) is 21.2 Å². The summed E-state index contributed by atoms with van der Waals surface area (Å²) in [7, 11) is 0. The quantitative estimate of drug-likeness (QED) is 0.107. The smallest absolute Gasteiger partial charge is 0.265 e.